The first-order chi connectivity index (χ1) is 8.96. The minimum absolute atomic E-state index is 0.108. The number of nitrogens with zero attached hydrogens (tertiary/aromatic N) is 1. The summed E-state index contributed by atoms with van der Waals surface area (Å²) in [5.41, 5.74) is 6.17. The molecule has 2 N–H and O–H groups in total. The number of hydrogen-bond donors (Lipinski definition) is 1. The third kappa shape index (κ3) is 2.94. The molecule has 0 aliphatic carbocycles. The van der Waals surface area contributed by atoms with Crippen molar-refractivity contribution in [2.45, 2.75) is 24.3 Å². The van der Waals surface area contributed by atoms with Crippen LogP contribution in [-0.2, 0) is 14.8 Å². The smallest absolute Gasteiger partial charge is 0.244 e. The van der Waals surface area contributed by atoms with Gasteiger partial charge in [-0.3, -0.25) is 0 Å². The number of benzene rings is 1. The van der Waals surface area contributed by atoms with Gasteiger partial charge >= 0.3 is 0 Å². The fraction of sp³-hybridized carbons (Fsp3) is 0.500. The van der Waals surface area contributed by atoms with E-state index < -0.39 is 10.0 Å². The topological polar surface area (TPSA) is 72.6 Å². The van der Waals surface area contributed by atoms with E-state index in [4.69, 9.17) is 10.5 Å². The summed E-state index contributed by atoms with van der Waals surface area (Å²) in [6.07, 6.45) is 0.728. The number of sulfonamides is 1. The molecule has 0 bridgehead atoms. The second-order valence-electron chi connectivity index (χ2n) is 4.44. The van der Waals surface area contributed by atoms with E-state index in [9.17, 15) is 8.42 Å². The summed E-state index contributed by atoms with van der Waals surface area (Å²) >= 11 is 3.27. The molecule has 1 saturated heterocycles. The molecule has 1 fully saturated rings. The first kappa shape index (κ1) is 14.8. The molecule has 1 atom stereocenters. The summed E-state index contributed by atoms with van der Waals surface area (Å²) in [5, 5.41) is 0. The van der Waals surface area contributed by atoms with Crippen LogP contribution < -0.4 is 5.73 Å². The van der Waals surface area contributed by atoms with Gasteiger partial charge in [-0.1, -0.05) is 6.92 Å². The molecule has 0 aromatic heterocycles. The molecule has 0 radical (unpaired) electrons. The minimum atomic E-state index is -3.52. The Morgan fingerprint density at radius 2 is 2.26 bits per heavy atom. The van der Waals surface area contributed by atoms with Gasteiger partial charge in [-0.2, -0.15) is 4.31 Å². The Labute approximate surface area is 121 Å². The maximum absolute atomic E-state index is 12.7. The van der Waals surface area contributed by atoms with E-state index in [0.717, 1.165) is 6.42 Å². The lowest BCUT2D eigenvalue weighted by molar-refractivity contribution is 0.0314. The van der Waals surface area contributed by atoms with Crippen molar-refractivity contribution in [3.05, 3.63) is 22.7 Å². The highest BCUT2D eigenvalue weighted by atomic mass is 79.9. The summed E-state index contributed by atoms with van der Waals surface area (Å²) in [4.78, 5) is 0.252. The molecular formula is C12H17BrN2O3S. The molecule has 1 aliphatic heterocycles. The molecule has 1 heterocycles. The summed E-state index contributed by atoms with van der Waals surface area (Å²) in [6.45, 7) is 3.22. The van der Waals surface area contributed by atoms with Gasteiger partial charge in [0.15, 0.2) is 0 Å². The van der Waals surface area contributed by atoms with Gasteiger partial charge in [0, 0.05) is 22.7 Å². The van der Waals surface area contributed by atoms with E-state index in [1.165, 1.54) is 10.4 Å². The fourth-order valence-corrected chi connectivity index (χ4v) is 4.86. The molecule has 1 unspecified atom stereocenters. The molecule has 1 aromatic carbocycles. The normalized spacial score (nSPS) is 21.5. The average molecular weight is 349 g/mol. The van der Waals surface area contributed by atoms with Gasteiger partial charge in [-0.15, -0.1) is 0 Å². The Kier molecular flexibility index (Phi) is 4.50. The Hall–Kier alpha value is -0.630. The number of morpholine rings is 1. The summed E-state index contributed by atoms with van der Waals surface area (Å²) in [7, 11) is -3.52. The molecule has 1 aliphatic rings. The van der Waals surface area contributed by atoms with Crippen molar-refractivity contribution in [2.75, 3.05) is 25.5 Å². The molecule has 106 valence electrons. The van der Waals surface area contributed by atoms with Crippen molar-refractivity contribution in [2.24, 2.45) is 0 Å². The van der Waals surface area contributed by atoms with Crippen LogP contribution in [0.4, 0.5) is 5.69 Å². The molecule has 5 nitrogen and oxygen atoms in total. The predicted octanol–water partition coefficient (Wildman–Crippen LogP) is 1.83. The zero-order valence-corrected chi connectivity index (χ0v) is 13.1. The van der Waals surface area contributed by atoms with Crippen LogP contribution >= 0.6 is 15.9 Å². The lowest BCUT2D eigenvalue weighted by Gasteiger charge is -2.34. The van der Waals surface area contributed by atoms with Gasteiger partial charge in [0.05, 0.1) is 18.1 Å². The van der Waals surface area contributed by atoms with Gasteiger partial charge in [-0.25, -0.2) is 8.42 Å². The Balaban J connectivity index is 2.40. The van der Waals surface area contributed by atoms with E-state index in [1.807, 2.05) is 6.92 Å². The molecule has 0 saturated carbocycles. The Morgan fingerprint density at radius 1 is 1.53 bits per heavy atom. The number of nitrogen functional groups attached to an aromatic ring is 1. The van der Waals surface area contributed by atoms with Crippen LogP contribution in [0.1, 0.15) is 13.3 Å². The Bertz CT molecular complexity index is 562. The summed E-state index contributed by atoms with van der Waals surface area (Å²) in [5.74, 6) is 0. The van der Waals surface area contributed by atoms with Gasteiger partial charge < -0.3 is 10.5 Å². The van der Waals surface area contributed by atoms with Gasteiger partial charge in [0.1, 0.15) is 0 Å². The van der Waals surface area contributed by atoms with Gasteiger partial charge in [-0.05, 0) is 40.5 Å². The van der Waals surface area contributed by atoms with Crippen LogP contribution in [0.3, 0.4) is 0 Å². The molecular weight excluding hydrogens is 332 g/mol. The maximum Gasteiger partial charge on any atom is 0.244 e. The SMILES string of the molecule is CCC1COCCN1S(=O)(=O)c1ccc(N)cc1Br. The second-order valence-corrected chi connectivity index (χ2v) is 7.16. The number of ether oxygens (including phenoxy) is 1. The van der Waals surface area contributed by atoms with E-state index in [0.29, 0.717) is 29.9 Å². The lowest BCUT2D eigenvalue weighted by atomic mass is 10.2. The number of hydrogen-bond acceptors (Lipinski definition) is 4. The fourth-order valence-electron chi connectivity index (χ4n) is 2.13. The van der Waals surface area contributed by atoms with Crippen molar-refractivity contribution < 1.29 is 13.2 Å². The number of rotatable bonds is 3. The number of nitrogens with two attached hydrogens (primary N) is 1. The van der Waals surface area contributed by atoms with Crippen molar-refractivity contribution in [1.29, 1.82) is 0 Å². The van der Waals surface area contributed by atoms with Crippen LogP contribution in [0.25, 0.3) is 0 Å². The van der Waals surface area contributed by atoms with Crippen LogP contribution in [0.2, 0.25) is 0 Å². The number of halogens is 1. The lowest BCUT2D eigenvalue weighted by Crippen LogP contribution is -2.48. The third-order valence-corrected chi connectivity index (χ3v) is 6.12. The molecule has 1 aromatic rings. The highest BCUT2D eigenvalue weighted by Crippen LogP contribution is 2.29. The van der Waals surface area contributed by atoms with Crippen molar-refractivity contribution >= 4 is 31.6 Å². The standard InChI is InChI=1S/C12H17BrN2O3S/c1-2-10-8-18-6-5-15(10)19(16,17)12-4-3-9(14)7-11(12)13/h3-4,7,10H,2,5-6,8,14H2,1H3. The van der Waals surface area contributed by atoms with E-state index in [2.05, 4.69) is 15.9 Å². The largest absolute Gasteiger partial charge is 0.399 e. The molecule has 7 heteroatoms. The zero-order chi connectivity index (χ0) is 14.0. The monoisotopic (exact) mass is 348 g/mol. The van der Waals surface area contributed by atoms with Crippen LogP contribution in [0.15, 0.2) is 27.6 Å². The number of anilines is 1. The molecule has 0 spiro atoms. The van der Waals surface area contributed by atoms with Crippen LogP contribution in [-0.4, -0.2) is 38.5 Å². The first-order valence-corrected chi connectivity index (χ1v) is 8.34. The summed E-state index contributed by atoms with van der Waals surface area (Å²) in [6, 6.07) is 4.63. The van der Waals surface area contributed by atoms with Crippen LogP contribution in [0.5, 0.6) is 0 Å². The van der Waals surface area contributed by atoms with E-state index in [1.54, 1.807) is 12.1 Å². The van der Waals surface area contributed by atoms with Crippen molar-refractivity contribution in [3.8, 4) is 0 Å². The zero-order valence-electron chi connectivity index (χ0n) is 10.7. The van der Waals surface area contributed by atoms with Crippen molar-refractivity contribution in [3.63, 3.8) is 0 Å². The predicted molar refractivity (Wildman–Crippen MR) is 77.3 cm³/mol. The highest BCUT2D eigenvalue weighted by Gasteiger charge is 2.34. The average Bonchev–Trinajstić information content (AvgIpc) is 2.38. The van der Waals surface area contributed by atoms with E-state index in [-0.39, 0.29) is 10.9 Å². The quantitative estimate of drug-likeness (QED) is 0.845. The molecule has 0 amide bonds. The van der Waals surface area contributed by atoms with Crippen molar-refractivity contribution in [1.82, 2.24) is 4.31 Å². The van der Waals surface area contributed by atoms with Gasteiger partial charge in [0.25, 0.3) is 0 Å². The van der Waals surface area contributed by atoms with Crippen LogP contribution in [0, 0.1) is 0 Å². The first-order valence-electron chi connectivity index (χ1n) is 6.11. The summed E-state index contributed by atoms with van der Waals surface area (Å²) < 4.78 is 32.7. The van der Waals surface area contributed by atoms with Gasteiger partial charge in [0.2, 0.25) is 10.0 Å². The van der Waals surface area contributed by atoms with E-state index >= 15 is 0 Å². The maximum atomic E-state index is 12.7. The highest BCUT2D eigenvalue weighted by molar-refractivity contribution is 9.10. The molecule has 19 heavy (non-hydrogen) atoms. The minimum Gasteiger partial charge on any atom is -0.399 e. The second kappa shape index (κ2) is 5.78. The third-order valence-electron chi connectivity index (χ3n) is 3.19. The molecule has 2 rings (SSSR count). The Morgan fingerprint density at radius 3 is 2.89 bits per heavy atom.